The Balaban J connectivity index is 2.50. The Hall–Kier alpha value is -1.56. The quantitative estimate of drug-likeness (QED) is 0.646. The van der Waals surface area contributed by atoms with Crippen LogP contribution in [0.25, 0.3) is 0 Å². The van der Waals surface area contributed by atoms with Crippen LogP contribution in [0.2, 0.25) is 5.02 Å². The van der Waals surface area contributed by atoms with Gasteiger partial charge in [0.15, 0.2) is 0 Å². The fraction of sp³-hybridized carbons (Fsp3) is 0.0909. The molecule has 17 heavy (non-hydrogen) atoms. The largest absolute Gasteiger partial charge is 0.271 e. The molecule has 1 heterocycles. The topological polar surface area (TPSA) is 63.8 Å². The lowest BCUT2D eigenvalue weighted by atomic mass is 10.0. The number of nitrogens with one attached hydrogen (secondary N) is 1. The van der Waals surface area contributed by atoms with Crippen LogP contribution in [0.15, 0.2) is 36.9 Å². The van der Waals surface area contributed by atoms with Crippen molar-refractivity contribution >= 4 is 11.6 Å². The molecule has 88 valence electrons. The molecular formula is C11H10ClFN4. The fourth-order valence-corrected chi connectivity index (χ4v) is 1.86. The van der Waals surface area contributed by atoms with Crippen molar-refractivity contribution in [2.75, 3.05) is 0 Å². The first-order valence-corrected chi connectivity index (χ1v) is 5.26. The number of hydrogen-bond donors (Lipinski definition) is 2. The first kappa shape index (κ1) is 11.9. The number of benzene rings is 1. The van der Waals surface area contributed by atoms with Crippen molar-refractivity contribution in [3.8, 4) is 0 Å². The summed E-state index contributed by atoms with van der Waals surface area (Å²) in [5, 5.41) is 0.303. The molecule has 0 spiro atoms. The summed E-state index contributed by atoms with van der Waals surface area (Å²) in [6.07, 6.45) is 4.50. The smallest absolute Gasteiger partial charge is 0.129 e. The highest BCUT2D eigenvalue weighted by Crippen LogP contribution is 2.29. The van der Waals surface area contributed by atoms with E-state index in [0.29, 0.717) is 10.6 Å². The average molecular weight is 253 g/mol. The molecule has 1 unspecified atom stereocenters. The number of hydrogen-bond acceptors (Lipinski definition) is 4. The van der Waals surface area contributed by atoms with Crippen LogP contribution in [0.4, 0.5) is 4.39 Å². The molecule has 3 N–H and O–H groups in total. The molecule has 0 radical (unpaired) electrons. The van der Waals surface area contributed by atoms with E-state index in [9.17, 15) is 4.39 Å². The van der Waals surface area contributed by atoms with Crippen molar-refractivity contribution in [2.24, 2.45) is 5.84 Å². The first-order valence-electron chi connectivity index (χ1n) is 4.89. The lowest BCUT2D eigenvalue weighted by Crippen LogP contribution is -2.30. The molecule has 1 atom stereocenters. The van der Waals surface area contributed by atoms with E-state index in [0.717, 1.165) is 0 Å². The summed E-state index contributed by atoms with van der Waals surface area (Å²) in [4.78, 5) is 7.73. The van der Waals surface area contributed by atoms with E-state index in [1.807, 2.05) is 0 Å². The average Bonchev–Trinajstić information content (AvgIpc) is 2.35. The minimum Gasteiger partial charge on any atom is -0.271 e. The van der Waals surface area contributed by atoms with Gasteiger partial charge in [0.25, 0.3) is 0 Å². The third-order valence-electron chi connectivity index (χ3n) is 2.37. The summed E-state index contributed by atoms with van der Waals surface area (Å²) in [5.41, 5.74) is 3.44. The first-order chi connectivity index (χ1) is 8.24. The predicted octanol–water partition coefficient (Wildman–Crippen LogP) is 1.82. The summed E-state index contributed by atoms with van der Waals surface area (Å²) in [5.74, 6) is 5.02. The van der Waals surface area contributed by atoms with Crippen molar-refractivity contribution < 1.29 is 4.39 Å². The van der Waals surface area contributed by atoms with Crippen LogP contribution in [0.5, 0.6) is 0 Å². The van der Waals surface area contributed by atoms with Gasteiger partial charge in [0.05, 0.1) is 6.04 Å². The van der Waals surface area contributed by atoms with E-state index >= 15 is 0 Å². The zero-order valence-corrected chi connectivity index (χ0v) is 9.53. The third-order valence-corrected chi connectivity index (χ3v) is 2.70. The number of nitrogens with two attached hydrogens (primary N) is 1. The van der Waals surface area contributed by atoms with Crippen molar-refractivity contribution in [2.45, 2.75) is 6.04 Å². The number of halogens is 2. The maximum atomic E-state index is 13.8. The highest BCUT2D eigenvalue weighted by molar-refractivity contribution is 6.31. The maximum Gasteiger partial charge on any atom is 0.129 e. The second-order valence-electron chi connectivity index (χ2n) is 3.41. The normalized spacial score (nSPS) is 12.4. The zero-order valence-electron chi connectivity index (χ0n) is 8.77. The second-order valence-corrected chi connectivity index (χ2v) is 3.81. The van der Waals surface area contributed by atoms with Crippen LogP contribution < -0.4 is 11.3 Å². The Morgan fingerprint density at radius 1 is 1.29 bits per heavy atom. The summed E-state index contributed by atoms with van der Waals surface area (Å²) in [6, 6.07) is 3.89. The highest BCUT2D eigenvalue weighted by Gasteiger charge is 2.19. The van der Waals surface area contributed by atoms with Crippen LogP contribution >= 0.6 is 11.6 Å². The third kappa shape index (κ3) is 2.41. The van der Waals surface area contributed by atoms with Crippen molar-refractivity contribution in [3.05, 3.63) is 58.9 Å². The van der Waals surface area contributed by atoms with Gasteiger partial charge in [-0.15, -0.1) is 0 Å². The molecule has 6 heteroatoms. The van der Waals surface area contributed by atoms with Gasteiger partial charge in [0, 0.05) is 28.5 Å². The Labute approximate surface area is 103 Å². The van der Waals surface area contributed by atoms with Gasteiger partial charge in [-0.05, 0) is 12.1 Å². The molecule has 0 amide bonds. The molecule has 0 aliphatic rings. The predicted molar refractivity (Wildman–Crippen MR) is 62.6 cm³/mol. The minimum absolute atomic E-state index is 0.284. The van der Waals surface area contributed by atoms with E-state index in [2.05, 4.69) is 15.4 Å². The number of nitrogens with zero attached hydrogens (tertiary/aromatic N) is 2. The van der Waals surface area contributed by atoms with Gasteiger partial charge >= 0.3 is 0 Å². The number of hydrazine groups is 1. The van der Waals surface area contributed by atoms with E-state index in [1.165, 1.54) is 18.5 Å². The van der Waals surface area contributed by atoms with Gasteiger partial charge in [0.2, 0.25) is 0 Å². The van der Waals surface area contributed by atoms with Gasteiger partial charge in [0.1, 0.15) is 12.1 Å². The Morgan fingerprint density at radius 2 is 2.00 bits per heavy atom. The molecular weight excluding hydrogens is 243 g/mol. The zero-order chi connectivity index (χ0) is 12.3. The van der Waals surface area contributed by atoms with Crippen LogP contribution in [-0.4, -0.2) is 9.97 Å². The molecule has 0 aliphatic carbocycles. The van der Waals surface area contributed by atoms with Crippen molar-refractivity contribution in [1.29, 1.82) is 0 Å². The Kier molecular flexibility index (Phi) is 3.63. The molecule has 1 aromatic heterocycles. The molecule has 0 aliphatic heterocycles. The van der Waals surface area contributed by atoms with Gasteiger partial charge in [-0.25, -0.2) is 19.8 Å². The van der Waals surface area contributed by atoms with Crippen molar-refractivity contribution in [3.63, 3.8) is 0 Å². The maximum absolute atomic E-state index is 13.8. The molecule has 2 aromatic rings. The van der Waals surface area contributed by atoms with E-state index in [-0.39, 0.29) is 5.56 Å². The van der Waals surface area contributed by atoms with Crippen LogP contribution in [0, 0.1) is 5.82 Å². The minimum atomic E-state index is -0.579. The Morgan fingerprint density at radius 3 is 2.59 bits per heavy atom. The standard InChI is InChI=1S/C11H10ClFN4/c12-8-2-1-3-9(13)10(8)11(17-14)7-4-15-6-16-5-7/h1-6,11,17H,14H2. The lowest BCUT2D eigenvalue weighted by Gasteiger charge is -2.17. The second kappa shape index (κ2) is 5.18. The molecule has 1 aromatic carbocycles. The number of rotatable bonds is 3. The highest BCUT2D eigenvalue weighted by atomic mass is 35.5. The molecule has 2 rings (SSSR count). The summed E-state index contributed by atoms with van der Waals surface area (Å²) >= 11 is 5.98. The van der Waals surface area contributed by atoms with E-state index in [4.69, 9.17) is 17.4 Å². The molecule has 0 saturated heterocycles. The van der Waals surface area contributed by atoms with Crippen LogP contribution in [0.1, 0.15) is 17.2 Å². The van der Waals surface area contributed by atoms with Gasteiger partial charge in [-0.2, -0.15) is 0 Å². The van der Waals surface area contributed by atoms with Gasteiger partial charge in [-0.3, -0.25) is 5.84 Å². The molecule has 0 saturated carbocycles. The monoisotopic (exact) mass is 252 g/mol. The summed E-state index contributed by atoms with van der Waals surface area (Å²) < 4.78 is 13.8. The molecule has 4 nitrogen and oxygen atoms in total. The summed E-state index contributed by atoms with van der Waals surface area (Å²) in [7, 11) is 0. The number of aromatic nitrogens is 2. The van der Waals surface area contributed by atoms with E-state index < -0.39 is 11.9 Å². The van der Waals surface area contributed by atoms with Gasteiger partial charge < -0.3 is 0 Å². The molecule has 0 fully saturated rings. The summed E-state index contributed by atoms with van der Waals surface area (Å²) in [6.45, 7) is 0. The lowest BCUT2D eigenvalue weighted by molar-refractivity contribution is 0.558. The van der Waals surface area contributed by atoms with Crippen LogP contribution in [0.3, 0.4) is 0 Å². The van der Waals surface area contributed by atoms with Crippen LogP contribution in [-0.2, 0) is 0 Å². The molecule has 0 bridgehead atoms. The Bertz CT molecular complexity index is 486. The van der Waals surface area contributed by atoms with Crippen molar-refractivity contribution in [1.82, 2.24) is 15.4 Å². The van der Waals surface area contributed by atoms with E-state index in [1.54, 1.807) is 18.5 Å². The SMILES string of the molecule is NNC(c1cncnc1)c1c(F)cccc1Cl. The van der Waals surface area contributed by atoms with Gasteiger partial charge in [-0.1, -0.05) is 17.7 Å². The fourth-order valence-electron chi connectivity index (χ4n) is 1.59.